The van der Waals surface area contributed by atoms with Crippen LogP contribution < -0.4 is 10.2 Å². The Kier molecular flexibility index (Phi) is 3.31. The van der Waals surface area contributed by atoms with Crippen LogP contribution in [0.1, 0.15) is 25.0 Å². The summed E-state index contributed by atoms with van der Waals surface area (Å²) in [5.74, 6) is 1.13. The van der Waals surface area contributed by atoms with Crippen LogP contribution in [0, 0.1) is 0 Å². The molecule has 21 heavy (non-hydrogen) atoms. The van der Waals surface area contributed by atoms with E-state index in [9.17, 15) is 0 Å². The van der Waals surface area contributed by atoms with Gasteiger partial charge in [-0.05, 0) is 38.4 Å². The molecular weight excluding hydrogens is 264 g/mol. The van der Waals surface area contributed by atoms with Gasteiger partial charge in [-0.1, -0.05) is 6.07 Å². The number of ether oxygens (including phenoxy) is 1. The second-order valence-electron chi connectivity index (χ2n) is 5.94. The van der Waals surface area contributed by atoms with Gasteiger partial charge in [-0.2, -0.15) is 0 Å². The summed E-state index contributed by atoms with van der Waals surface area (Å²) in [5, 5.41) is 3.28. The largest absolute Gasteiger partial charge is 0.374 e. The van der Waals surface area contributed by atoms with Gasteiger partial charge in [0.05, 0.1) is 24.4 Å². The molecule has 0 spiro atoms. The van der Waals surface area contributed by atoms with E-state index < -0.39 is 0 Å². The van der Waals surface area contributed by atoms with Crippen LogP contribution in [0.3, 0.4) is 0 Å². The van der Waals surface area contributed by atoms with E-state index in [0.29, 0.717) is 12.1 Å². The van der Waals surface area contributed by atoms with Crippen molar-refractivity contribution in [3.63, 3.8) is 0 Å². The first-order valence-corrected chi connectivity index (χ1v) is 7.87. The Balaban J connectivity index is 1.79. The molecular formula is C16H22N4O. The minimum atomic E-state index is 0.394. The molecule has 0 bridgehead atoms. The predicted molar refractivity (Wildman–Crippen MR) is 82.7 cm³/mol. The lowest BCUT2D eigenvalue weighted by Gasteiger charge is -2.38. The maximum absolute atomic E-state index is 5.94. The number of rotatable bonds is 3. The molecule has 2 aromatic heterocycles. The minimum absolute atomic E-state index is 0.394. The molecule has 2 atom stereocenters. The van der Waals surface area contributed by atoms with Crippen molar-refractivity contribution in [1.82, 2.24) is 14.7 Å². The van der Waals surface area contributed by atoms with Crippen molar-refractivity contribution in [2.24, 2.45) is 0 Å². The molecule has 1 aliphatic carbocycles. The number of hydrogen-bond donors (Lipinski definition) is 1. The standard InChI is InChI=1S/C16H22N4O/c1-17-11-13-16(18-15-7-2-3-8-19(13)15)20-9-10-21-14-6-4-5-12(14)20/h2-3,7-8,12,14,17H,4-6,9-11H2,1H3. The summed E-state index contributed by atoms with van der Waals surface area (Å²) in [5.41, 5.74) is 2.28. The molecule has 1 aliphatic heterocycles. The van der Waals surface area contributed by atoms with Crippen molar-refractivity contribution in [1.29, 1.82) is 0 Å². The van der Waals surface area contributed by atoms with Gasteiger partial charge in [-0.25, -0.2) is 4.98 Å². The second-order valence-corrected chi connectivity index (χ2v) is 5.94. The first-order chi connectivity index (χ1) is 10.4. The third-order valence-corrected chi connectivity index (χ3v) is 4.71. The SMILES string of the molecule is CNCc1c(N2CCOC3CCCC32)nc2ccccn12. The fourth-order valence-corrected chi connectivity index (χ4v) is 3.78. The van der Waals surface area contributed by atoms with Gasteiger partial charge in [0.1, 0.15) is 5.65 Å². The smallest absolute Gasteiger partial charge is 0.152 e. The van der Waals surface area contributed by atoms with E-state index in [2.05, 4.69) is 32.9 Å². The molecule has 2 unspecified atom stereocenters. The molecule has 2 aliphatic rings. The monoisotopic (exact) mass is 286 g/mol. The van der Waals surface area contributed by atoms with Gasteiger partial charge < -0.3 is 19.4 Å². The molecule has 0 aromatic carbocycles. The molecule has 5 heteroatoms. The molecule has 4 rings (SSSR count). The van der Waals surface area contributed by atoms with Crippen molar-refractivity contribution in [3.8, 4) is 0 Å². The Hall–Kier alpha value is -1.59. The molecule has 1 saturated heterocycles. The van der Waals surface area contributed by atoms with Gasteiger partial charge in [-0.15, -0.1) is 0 Å². The zero-order chi connectivity index (χ0) is 14.2. The van der Waals surface area contributed by atoms with Crippen molar-refractivity contribution < 1.29 is 4.74 Å². The van der Waals surface area contributed by atoms with Gasteiger partial charge in [0.15, 0.2) is 5.82 Å². The number of fused-ring (bicyclic) bond motifs is 2. The van der Waals surface area contributed by atoms with Crippen molar-refractivity contribution in [2.75, 3.05) is 25.1 Å². The van der Waals surface area contributed by atoms with E-state index >= 15 is 0 Å². The summed E-state index contributed by atoms with van der Waals surface area (Å²) in [6, 6.07) is 6.69. The number of nitrogens with zero attached hydrogens (tertiary/aromatic N) is 3. The lowest BCUT2D eigenvalue weighted by molar-refractivity contribution is 0.0253. The Bertz CT molecular complexity index is 638. The van der Waals surface area contributed by atoms with Gasteiger partial charge in [0, 0.05) is 19.3 Å². The van der Waals surface area contributed by atoms with Crippen molar-refractivity contribution in [3.05, 3.63) is 30.1 Å². The highest BCUT2D eigenvalue weighted by Crippen LogP contribution is 2.34. The fraction of sp³-hybridized carbons (Fsp3) is 0.562. The van der Waals surface area contributed by atoms with Crippen LogP contribution in [0.15, 0.2) is 24.4 Å². The van der Waals surface area contributed by atoms with Gasteiger partial charge in [0.25, 0.3) is 0 Å². The zero-order valence-corrected chi connectivity index (χ0v) is 12.5. The first kappa shape index (κ1) is 13.1. The molecule has 112 valence electrons. The van der Waals surface area contributed by atoms with Crippen LogP contribution in [0.2, 0.25) is 0 Å². The first-order valence-electron chi connectivity index (χ1n) is 7.87. The van der Waals surface area contributed by atoms with Gasteiger partial charge in [-0.3, -0.25) is 0 Å². The van der Waals surface area contributed by atoms with Crippen LogP contribution in [0.4, 0.5) is 5.82 Å². The number of anilines is 1. The predicted octanol–water partition coefficient (Wildman–Crippen LogP) is 1.81. The van der Waals surface area contributed by atoms with E-state index in [0.717, 1.165) is 31.2 Å². The number of nitrogens with one attached hydrogen (secondary N) is 1. The maximum Gasteiger partial charge on any atom is 0.152 e. The summed E-state index contributed by atoms with van der Waals surface area (Å²) in [6.45, 7) is 2.59. The molecule has 3 heterocycles. The van der Waals surface area contributed by atoms with E-state index in [1.165, 1.54) is 25.0 Å². The summed E-state index contributed by atoms with van der Waals surface area (Å²) in [7, 11) is 1.99. The normalized spacial score (nSPS) is 25.5. The summed E-state index contributed by atoms with van der Waals surface area (Å²) in [6.07, 6.45) is 6.17. The molecule has 1 N–H and O–H groups in total. The highest BCUT2D eigenvalue weighted by Gasteiger charge is 2.38. The lowest BCUT2D eigenvalue weighted by atomic mass is 10.1. The van der Waals surface area contributed by atoms with E-state index in [-0.39, 0.29) is 0 Å². The van der Waals surface area contributed by atoms with Crippen molar-refractivity contribution in [2.45, 2.75) is 38.0 Å². The summed E-state index contributed by atoms with van der Waals surface area (Å²) >= 11 is 0. The number of hydrogen-bond acceptors (Lipinski definition) is 4. The minimum Gasteiger partial charge on any atom is -0.374 e. The molecule has 0 amide bonds. The van der Waals surface area contributed by atoms with Crippen LogP contribution in [-0.2, 0) is 11.3 Å². The third kappa shape index (κ3) is 2.12. The van der Waals surface area contributed by atoms with Crippen LogP contribution in [-0.4, -0.2) is 41.7 Å². The molecule has 5 nitrogen and oxygen atoms in total. The number of pyridine rings is 1. The lowest BCUT2D eigenvalue weighted by Crippen LogP contribution is -2.49. The number of morpholine rings is 1. The summed E-state index contributed by atoms with van der Waals surface area (Å²) < 4.78 is 8.14. The van der Waals surface area contributed by atoms with E-state index in [4.69, 9.17) is 9.72 Å². The van der Waals surface area contributed by atoms with Crippen LogP contribution in [0.25, 0.3) is 5.65 Å². The van der Waals surface area contributed by atoms with E-state index in [1.54, 1.807) is 0 Å². The number of aromatic nitrogens is 2. The average molecular weight is 286 g/mol. The Morgan fingerprint density at radius 2 is 2.33 bits per heavy atom. The van der Waals surface area contributed by atoms with Gasteiger partial charge in [0.2, 0.25) is 0 Å². The Morgan fingerprint density at radius 1 is 1.38 bits per heavy atom. The van der Waals surface area contributed by atoms with Gasteiger partial charge >= 0.3 is 0 Å². The highest BCUT2D eigenvalue weighted by atomic mass is 16.5. The zero-order valence-electron chi connectivity index (χ0n) is 12.5. The average Bonchev–Trinajstić information content (AvgIpc) is 3.12. The molecule has 2 fully saturated rings. The van der Waals surface area contributed by atoms with Crippen molar-refractivity contribution >= 4 is 11.5 Å². The fourth-order valence-electron chi connectivity index (χ4n) is 3.78. The van der Waals surface area contributed by atoms with Crippen LogP contribution >= 0.6 is 0 Å². The Morgan fingerprint density at radius 3 is 3.24 bits per heavy atom. The topological polar surface area (TPSA) is 41.8 Å². The molecule has 1 saturated carbocycles. The number of imidazole rings is 1. The molecule has 0 radical (unpaired) electrons. The van der Waals surface area contributed by atoms with Crippen LogP contribution in [0.5, 0.6) is 0 Å². The maximum atomic E-state index is 5.94. The quantitative estimate of drug-likeness (QED) is 0.934. The molecule has 2 aromatic rings. The Labute approximate surface area is 124 Å². The second kappa shape index (κ2) is 5.31. The summed E-state index contributed by atoms with van der Waals surface area (Å²) in [4.78, 5) is 7.40. The third-order valence-electron chi connectivity index (χ3n) is 4.71. The van der Waals surface area contributed by atoms with E-state index in [1.807, 2.05) is 13.1 Å². The highest BCUT2D eigenvalue weighted by molar-refractivity contribution is 5.57.